The summed E-state index contributed by atoms with van der Waals surface area (Å²) in [7, 11) is 1.88. The number of rotatable bonds is 7. The zero-order valence-electron chi connectivity index (χ0n) is 15.8. The minimum atomic E-state index is 0.754. The van der Waals surface area contributed by atoms with Gasteiger partial charge in [-0.15, -0.1) is 0 Å². The predicted molar refractivity (Wildman–Crippen MR) is 102 cm³/mol. The molecule has 0 radical (unpaired) electrons. The topological polar surface area (TPSA) is 43.8 Å². The van der Waals surface area contributed by atoms with E-state index in [2.05, 4.69) is 51.1 Å². The van der Waals surface area contributed by atoms with Gasteiger partial charge in [0, 0.05) is 45.1 Å². The van der Waals surface area contributed by atoms with Gasteiger partial charge in [0.1, 0.15) is 0 Å². The van der Waals surface area contributed by atoms with Crippen LogP contribution in [0.5, 0.6) is 0 Å². The molecule has 1 atom stereocenters. The highest BCUT2D eigenvalue weighted by Gasteiger charge is 2.25. The van der Waals surface area contributed by atoms with Gasteiger partial charge in [-0.3, -0.25) is 9.98 Å². The fourth-order valence-corrected chi connectivity index (χ4v) is 3.32. The molecule has 1 aliphatic rings. The summed E-state index contributed by atoms with van der Waals surface area (Å²) in [6.45, 7) is 13.1. The first-order chi connectivity index (χ1) is 11.7. The number of nitrogens with one attached hydrogen (secondary N) is 1. The lowest BCUT2D eigenvalue weighted by Crippen LogP contribution is -2.41. The van der Waals surface area contributed by atoms with Crippen molar-refractivity contribution in [2.75, 3.05) is 46.3 Å². The van der Waals surface area contributed by atoms with Crippen molar-refractivity contribution in [3.63, 3.8) is 0 Å². The van der Waals surface area contributed by atoms with Crippen molar-refractivity contribution < 1.29 is 0 Å². The van der Waals surface area contributed by atoms with E-state index in [4.69, 9.17) is 0 Å². The van der Waals surface area contributed by atoms with Crippen LogP contribution >= 0.6 is 0 Å². The third-order valence-electron chi connectivity index (χ3n) is 4.88. The van der Waals surface area contributed by atoms with Crippen LogP contribution in [0.1, 0.15) is 31.5 Å². The van der Waals surface area contributed by atoms with Gasteiger partial charge in [-0.25, -0.2) is 0 Å². The summed E-state index contributed by atoms with van der Waals surface area (Å²) >= 11 is 0. The highest BCUT2D eigenvalue weighted by molar-refractivity contribution is 5.80. The molecule has 2 heterocycles. The number of nitrogens with zero attached hydrogens (tertiary/aromatic N) is 4. The summed E-state index contributed by atoms with van der Waals surface area (Å²) in [5.74, 6) is 1.79. The lowest BCUT2D eigenvalue weighted by molar-refractivity contribution is 0.255. The molecule has 1 unspecified atom stereocenters. The van der Waals surface area contributed by atoms with Crippen molar-refractivity contribution >= 4 is 5.96 Å². The molecule has 0 saturated carbocycles. The SMILES string of the molecule is CCN(CC)CC1CCN(C(=NC)NCCc2ccc(C)nc2)C1. The Morgan fingerprint density at radius 1 is 1.38 bits per heavy atom. The zero-order chi connectivity index (χ0) is 17.4. The van der Waals surface area contributed by atoms with Crippen LogP contribution in [0.4, 0.5) is 0 Å². The molecule has 1 fully saturated rings. The van der Waals surface area contributed by atoms with Crippen LogP contribution in [0.15, 0.2) is 23.3 Å². The van der Waals surface area contributed by atoms with Crippen LogP contribution < -0.4 is 5.32 Å². The highest BCUT2D eigenvalue weighted by Crippen LogP contribution is 2.17. The Morgan fingerprint density at radius 3 is 2.79 bits per heavy atom. The van der Waals surface area contributed by atoms with Gasteiger partial charge in [0.05, 0.1) is 0 Å². The van der Waals surface area contributed by atoms with Crippen molar-refractivity contribution in [3.05, 3.63) is 29.6 Å². The van der Waals surface area contributed by atoms with Gasteiger partial charge in [0.25, 0.3) is 0 Å². The molecule has 1 aliphatic heterocycles. The molecule has 1 aromatic rings. The minimum Gasteiger partial charge on any atom is -0.356 e. The molecule has 2 rings (SSSR count). The fourth-order valence-electron chi connectivity index (χ4n) is 3.32. The summed E-state index contributed by atoms with van der Waals surface area (Å²) in [6, 6.07) is 4.23. The van der Waals surface area contributed by atoms with Crippen molar-refractivity contribution in [1.29, 1.82) is 0 Å². The molecule has 0 amide bonds. The Hall–Kier alpha value is -1.62. The predicted octanol–water partition coefficient (Wildman–Crippen LogP) is 2.17. The summed E-state index contributed by atoms with van der Waals surface area (Å²) < 4.78 is 0. The first-order valence-electron chi connectivity index (χ1n) is 9.25. The third kappa shape index (κ3) is 5.48. The van der Waals surface area contributed by atoms with E-state index in [9.17, 15) is 0 Å². The van der Waals surface area contributed by atoms with Gasteiger partial charge in [-0.2, -0.15) is 0 Å². The monoisotopic (exact) mass is 331 g/mol. The van der Waals surface area contributed by atoms with E-state index in [1.807, 2.05) is 20.2 Å². The third-order valence-corrected chi connectivity index (χ3v) is 4.88. The van der Waals surface area contributed by atoms with Crippen molar-refractivity contribution in [2.24, 2.45) is 10.9 Å². The van der Waals surface area contributed by atoms with E-state index in [0.29, 0.717) is 0 Å². The molecular formula is C19H33N5. The maximum atomic E-state index is 4.47. The van der Waals surface area contributed by atoms with E-state index in [-0.39, 0.29) is 0 Å². The molecule has 0 aromatic carbocycles. The average Bonchev–Trinajstić information content (AvgIpc) is 3.06. The largest absolute Gasteiger partial charge is 0.356 e. The molecular weight excluding hydrogens is 298 g/mol. The highest BCUT2D eigenvalue weighted by atomic mass is 15.3. The molecule has 134 valence electrons. The molecule has 0 bridgehead atoms. The van der Waals surface area contributed by atoms with Crippen LogP contribution in [0.2, 0.25) is 0 Å². The summed E-state index contributed by atoms with van der Waals surface area (Å²) in [5, 5.41) is 3.51. The van der Waals surface area contributed by atoms with Crippen molar-refractivity contribution in [1.82, 2.24) is 20.1 Å². The van der Waals surface area contributed by atoms with Crippen molar-refractivity contribution in [3.8, 4) is 0 Å². The number of aliphatic imine (C=N–C) groups is 1. The fraction of sp³-hybridized carbons (Fsp3) is 0.684. The number of pyridine rings is 1. The lowest BCUT2D eigenvalue weighted by atomic mass is 10.1. The maximum Gasteiger partial charge on any atom is 0.193 e. The summed E-state index contributed by atoms with van der Waals surface area (Å²) in [6.07, 6.45) is 4.21. The lowest BCUT2D eigenvalue weighted by Gasteiger charge is -2.24. The first-order valence-corrected chi connectivity index (χ1v) is 9.25. The number of hydrogen-bond acceptors (Lipinski definition) is 3. The Kier molecular flexibility index (Phi) is 7.50. The second-order valence-electron chi connectivity index (χ2n) is 6.62. The van der Waals surface area contributed by atoms with Gasteiger partial charge < -0.3 is 15.1 Å². The minimum absolute atomic E-state index is 0.754. The van der Waals surface area contributed by atoms with Crippen molar-refractivity contribution in [2.45, 2.75) is 33.6 Å². The molecule has 1 aromatic heterocycles. The van der Waals surface area contributed by atoms with Crippen LogP contribution in [0.3, 0.4) is 0 Å². The van der Waals surface area contributed by atoms with E-state index in [1.165, 1.54) is 18.5 Å². The second kappa shape index (κ2) is 9.62. The van der Waals surface area contributed by atoms with Crippen LogP contribution in [0, 0.1) is 12.8 Å². The number of aryl methyl sites for hydroxylation is 1. The Morgan fingerprint density at radius 2 is 2.17 bits per heavy atom. The van der Waals surface area contributed by atoms with E-state index < -0.39 is 0 Å². The van der Waals surface area contributed by atoms with E-state index >= 15 is 0 Å². The molecule has 5 nitrogen and oxygen atoms in total. The van der Waals surface area contributed by atoms with Gasteiger partial charge in [0.15, 0.2) is 5.96 Å². The maximum absolute atomic E-state index is 4.47. The molecule has 1 saturated heterocycles. The van der Waals surface area contributed by atoms with E-state index in [1.54, 1.807) is 0 Å². The molecule has 1 N–H and O–H groups in total. The second-order valence-corrected chi connectivity index (χ2v) is 6.62. The van der Waals surface area contributed by atoms with Crippen LogP contribution in [-0.4, -0.2) is 67.1 Å². The van der Waals surface area contributed by atoms with Gasteiger partial charge in [-0.1, -0.05) is 19.9 Å². The smallest absolute Gasteiger partial charge is 0.193 e. The molecule has 0 aliphatic carbocycles. The van der Waals surface area contributed by atoms with E-state index in [0.717, 1.165) is 56.7 Å². The number of aromatic nitrogens is 1. The molecule has 24 heavy (non-hydrogen) atoms. The van der Waals surface area contributed by atoms with Crippen LogP contribution in [0.25, 0.3) is 0 Å². The zero-order valence-corrected chi connectivity index (χ0v) is 15.8. The number of guanidine groups is 1. The molecule has 5 heteroatoms. The number of hydrogen-bond donors (Lipinski definition) is 1. The quantitative estimate of drug-likeness (QED) is 0.614. The van der Waals surface area contributed by atoms with Gasteiger partial charge >= 0.3 is 0 Å². The van der Waals surface area contributed by atoms with Crippen LogP contribution in [-0.2, 0) is 6.42 Å². The first kappa shape index (κ1) is 18.7. The summed E-state index contributed by atoms with van der Waals surface area (Å²) in [4.78, 5) is 13.8. The van der Waals surface area contributed by atoms with Gasteiger partial charge in [0.2, 0.25) is 0 Å². The standard InChI is InChI=1S/C19H33N5/c1-5-23(6-2)14-18-10-12-24(15-18)19(20-4)21-11-9-17-8-7-16(3)22-13-17/h7-8,13,18H,5-6,9-12,14-15H2,1-4H3,(H,20,21). The Bertz CT molecular complexity index is 507. The average molecular weight is 332 g/mol. The Balaban J connectivity index is 1.76. The normalized spacial score (nSPS) is 18.5. The molecule has 0 spiro atoms. The number of likely N-dealkylation sites (tertiary alicyclic amines) is 1. The summed E-state index contributed by atoms with van der Waals surface area (Å²) in [5.41, 5.74) is 2.34. The van der Waals surface area contributed by atoms with Gasteiger partial charge in [-0.05, 0) is 50.4 Å². The Labute approximate surface area is 147 Å².